The second kappa shape index (κ2) is 3.47. The van der Waals surface area contributed by atoms with Crippen LogP contribution in [-0.2, 0) is 10.0 Å². The lowest BCUT2D eigenvalue weighted by Gasteiger charge is -2.36. The number of sulfonamides is 1. The molecular formula is C7H12N4O3S. The van der Waals surface area contributed by atoms with E-state index >= 15 is 0 Å². The zero-order valence-corrected chi connectivity index (χ0v) is 8.74. The van der Waals surface area contributed by atoms with Crippen LogP contribution in [0.5, 0.6) is 0 Å². The van der Waals surface area contributed by atoms with Gasteiger partial charge in [-0.3, -0.25) is 5.10 Å². The molecule has 8 heteroatoms. The number of hydrogen-bond donors (Lipinski definition) is 3. The fourth-order valence-corrected chi connectivity index (χ4v) is 3.07. The number of aromatic nitrogens is 2. The van der Waals surface area contributed by atoms with Gasteiger partial charge in [0.25, 0.3) is 0 Å². The van der Waals surface area contributed by atoms with Crippen molar-refractivity contribution in [3.05, 3.63) is 6.20 Å². The molecule has 2 rings (SSSR count). The van der Waals surface area contributed by atoms with Gasteiger partial charge in [-0.1, -0.05) is 0 Å². The molecule has 1 saturated heterocycles. The van der Waals surface area contributed by atoms with Crippen molar-refractivity contribution in [1.82, 2.24) is 14.5 Å². The molecule has 0 aromatic carbocycles. The lowest BCUT2D eigenvalue weighted by molar-refractivity contribution is 0.117. The topological polar surface area (TPSA) is 112 Å². The molecule has 0 atom stereocenters. The summed E-state index contributed by atoms with van der Waals surface area (Å²) in [6.45, 7) is 0.680. The lowest BCUT2D eigenvalue weighted by Crippen LogP contribution is -2.51. The van der Waals surface area contributed by atoms with E-state index in [-0.39, 0.29) is 23.2 Å². The number of nitrogens with two attached hydrogens (primary N) is 1. The predicted octanol–water partition coefficient (Wildman–Crippen LogP) is -1.40. The summed E-state index contributed by atoms with van der Waals surface area (Å²) in [6, 6.07) is 0. The van der Waals surface area contributed by atoms with Gasteiger partial charge in [-0.25, -0.2) is 8.42 Å². The molecule has 0 radical (unpaired) electrons. The molecule has 0 amide bonds. The summed E-state index contributed by atoms with van der Waals surface area (Å²) in [5.74, 6) is 0.0790. The Bertz CT molecular complexity index is 449. The predicted molar refractivity (Wildman–Crippen MR) is 52.3 cm³/mol. The molecule has 4 N–H and O–H groups in total. The van der Waals surface area contributed by atoms with E-state index < -0.39 is 10.0 Å². The van der Waals surface area contributed by atoms with Crippen molar-refractivity contribution in [2.75, 3.05) is 25.4 Å². The molecule has 1 aliphatic heterocycles. The van der Waals surface area contributed by atoms with Crippen molar-refractivity contribution in [3.63, 3.8) is 0 Å². The highest BCUT2D eigenvalue weighted by molar-refractivity contribution is 7.89. The molecule has 1 fully saturated rings. The number of nitrogens with zero attached hydrogens (tertiary/aromatic N) is 2. The largest absolute Gasteiger partial charge is 0.396 e. The highest BCUT2D eigenvalue weighted by Crippen LogP contribution is 2.26. The van der Waals surface area contributed by atoms with E-state index in [1.807, 2.05) is 0 Å². The molecule has 0 aliphatic carbocycles. The van der Waals surface area contributed by atoms with Crippen molar-refractivity contribution >= 4 is 15.8 Å². The monoisotopic (exact) mass is 232 g/mol. The molecule has 2 heterocycles. The third-order valence-corrected chi connectivity index (χ3v) is 4.29. The Morgan fingerprint density at radius 3 is 2.80 bits per heavy atom. The van der Waals surface area contributed by atoms with Crippen LogP contribution in [0.3, 0.4) is 0 Å². The number of aliphatic hydroxyl groups excluding tert-OH is 1. The van der Waals surface area contributed by atoms with Gasteiger partial charge in [-0.05, 0) is 0 Å². The maximum absolute atomic E-state index is 11.9. The molecule has 84 valence electrons. The van der Waals surface area contributed by atoms with Crippen LogP contribution in [0, 0.1) is 5.92 Å². The molecule has 1 aromatic rings. The van der Waals surface area contributed by atoms with Crippen LogP contribution in [0.1, 0.15) is 0 Å². The number of nitrogens with one attached hydrogen (secondary N) is 1. The van der Waals surface area contributed by atoms with Crippen molar-refractivity contribution in [2.45, 2.75) is 4.90 Å². The third kappa shape index (κ3) is 1.60. The van der Waals surface area contributed by atoms with E-state index in [0.717, 1.165) is 0 Å². The van der Waals surface area contributed by atoms with Crippen LogP contribution in [0.4, 0.5) is 5.82 Å². The summed E-state index contributed by atoms with van der Waals surface area (Å²) in [7, 11) is -3.53. The zero-order chi connectivity index (χ0) is 11.1. The van der Waals surface area contributed by atoms with Crippen molar-refractivity contribution < 1.29 is 13.5 Å². The average molecular weight is 232 g/mol. The molecule has 1 aliphatic rings. The van der Waals surface area contributed by atoms with Gasteiger partial charge in [0.05, 0.1) is 6.20 Å². The van der Waals surface area contributed by atoms with E-state index in [4.69, 9.17) is 10.8 Å². The number of H-pyrrole nitrogens is 1. The maximum atomic E-state index is 11.9. The van der Waals surface area contributed by atoms with Gasteiger partial charge >= 0.3 is 0 Å². The smallest absolute Gasteiger partial charge is 0.248 e. The van der Waals surface area contributed by atoms with Gasteiger partial charge in [-0.2, -0.15) is 9.40 Å². The first-order chi connectivity index (χ1) is 7.05. The molecule has 0 saturated carbocycles. The zero-order valence-electron chi connectivity index (χ0n) is 7.92. The van der Waals surface area contributed by atoms with Crippen molar-refractivity contribution in [1.29, 1.82) is 0 Å². The quantitative estimate of drug-likeness (QED) is 0.593. The summed E-state index contributed by atoms with van der Waals surface area (Å²) in [6.07, 6.45) is 1.19. The van der Waals surface area contributed by atoms with Crippen LogP contribution in [0.15, 0.2) is 11.1 Å². The van der Waals surface area contributed by atoms with E-state index in [1.54, 1.807) is 0 Å². The molecule has 15 heavy (non-hydrogen) atoms. The van der Waals surface area contributed by atoms with Gasteiger partial charge in [0, 0.05) is 25.6 Å². The molecule has 0 unspecified atom stereocenters. The first kappa shape index (κ1) is 10.4. The first-order valence-electron chi connectivity index (χ1n) is 4.45. The number of aromatic amines is 1. The third-order valence-electron chi connectivity index (χ3n) is 2.43. The van der Waals surface area contributed by atoms with Crippen LogP contribution in [0.2, 0.25) is 0 Å². The summed E-state index contributed by atoms with van der Waals surface area (Å²) in [5, 5.41) is 14.7. The molecule has 0 spiro atoms. The highest BCUT2D eigenvalue weighted by atomic mass is 32.2. The minimum Gasteiger partial charge on any atom is -0.396 e. The second-order valence-corrected chi connectivity index (χ2v) is 5.42. The number of anilines is 1. The number of aliphatic hydroxyl groups is 1. The lowest BCUT2D eigenvalue weighted by atomic mass is 10.1. The number of rotatable bonds is 3. The van der Waals surface area contributed by atoms with Gasteiger partial charge in [0.2, 0.25) is 10.0 Å². The molecule has 1 aromatic heterocycles. The Labute approximate surface area is 86.9 Å². The minimum atomic E-state index is -3.53. The fourth-order valence-electron chi connectivity index (χ4n) is 1.46. The normalized spacial score (nSPS) is 19.0. The first-order valence-corrected chi connectivity index (χ1v) is 5.89. The van der Waals surface area contributed by atoms with E-state index in [9.17, 15) is 8.42 Å². The van der Waals surface area contributed by atoms with Crippen molar-refractivity contribution in [3.8, 4) is 0 Å². The Morgan fingerprint density at radius 2 is 2.33 bits per heavy atom. The maximum Gasteiger partial charge on any atom is 0.248 e. The standard InChI is InChI=1S/C7H12N4O3S/c8-7-6(1-9-10-7)15(13,14)11-2-5(3-11)4-12/h1,5,12H,2-4H2,(H3,8,9,10). The van der Waals surface area contributed by atoms with Crippen molar-refractivity contribution in [2.24, 2.45) is 5.92 Å². The van der Waals surface area contributed by atoms with Gasteiger partial charge in [0.15, 0.2) is 0 Å². The Hall–Kier alpha value is -1.12. The van der Waals surface area contributed by atoms with Crippen LogP contribution >= 0.6 is 0 Å². The van der Waals surface area contributed by atoms with Crippen LogP contribution < -0.4 is 5.73 Å². The SMILES string of the molecule is Nc1[nH]ncc1S(=O)(=O)N1CC(CO)C1. The van der Waals surface area contributed by atoms with Gasteiger partial charge < -0.3 is 10.8 Å². The minimum absolute atomic E-state index is 0.00103. The van der Waals surface area contributed by atoms with E-state index in [2.05, 4.69) is 10.2 Å². The Balaban J connectivity index is 2.19. The molecular weight excluding hydrogens is 220 g/mol. The van der Waals surface area contributed by atoms with Crippen LogP contribution in [-0.4, -0.2) is 47.7 Å². The molecule has 0 bridgehead atoms. The molecule has 7 nitrogen and oxygen atoms in total. The summed E-state index contributed by atoms with van der Waals surface area (Å²) in [4.78, 5) is -0.00103. The van der Waals surface area contributed by atoms with E-state index in [0.29, 0.717) is 13.1 Å². The van der Waals surface area contributed by atoms with Gasteiger partial charge in [-0.15, -0.1) is 0 Å². The number of nitrogen functional groups attached to an aromatic ring is 1. The second-order valence-electron chi connectivity index (χ2n) is 3.52. The van der Waals surface area contributed by atoms with E-state index in [1.165, 1.54) is 10.5 Å². The highest BCUT2D eigenvalue weighted by Gasteiger charge is 2.37. The number of hydrogen-bond acceptors (Lipinski definition) is 5. The Morgan fingerprint density at radius 1 is 1.67 bits per heavy atom. The van der Waals surface area contributed by atoms with Gasteiger partial charge in [0.1, 0.15) is 10.7 Å². The summed E-state index contributed by atoms with van der Waals surface area (Å²) >= 11 is 0. The fraction of sp³-hybridized carbons (Fsp3) is 0.571. The summed E-state index contributed by atoms with van der Waals surface area (Å²) < 4.78 is 25.0. The Kier molecular flexibility index (Phi) is 2.41. The average Bonchev–Trinajstić information content (AvgIpc) is 2.49. The summed E-state index contributed by atoms with van der Waals surface area (Å²) in [5.41, 5.74) is 5.44. The van der Waals surface area contributed by atoms with Crippen LogP contribution in [0.25, 0.3) is 0 Å².